The van der Waals surface area contributed by atoms with E-state index in [-0.39, 0.29) is 0 Å². The van der Waals surface area contributed by atoms with E-state index in [1.54, 1.807) is 0 Å². The van der Waals surface area contributed by atoms with Crippen LogP contribution in [-0.4, -0.2) is 5.33 Å². The van der Waals surface area contributed by atoms with Crippen LogP contribution in [0.1, 0.15) is 33.6 Å². The normalized spacial score (nSPS) is 17.3. The van der Waals surface area contributed by atoms with E-state index in [2.05, 4.69) is 36.7 Å². The molecule has 0 aliphatic heterocycles. The van der Waals surface area contributed by atoms with Crippen LogP contribution in [0.25, 0.3) is 0 Å². The van der Waals surface area contributed by atoms with Crippen molar-refractivity contribution >= 4 is 15.9 Å². The zero-order valence-electron chi connectivity index (χ0n) is 6.65. The second kappa shape index (κ2) is 5.28. The van der Waals surface area contributed by atoms with Crippen molar-refractivity contribution in [1.82, 2.24) is 0 Å². The number of hydrogen-bond donors (Lipinski definition) is 0. The fourth-order valence-electron chi connectivity index (χ4n) is 0.859. The molecule has 0 aromatic carbocycles. The highest BCUT2D eigenvalue weighted by Crippen LogP contribution is 2.18. The van der Waals surface area contributed by atoms with E-state index in [0.29, 0.717) is 0 Å². The van der Waals surface area contributed by atoms with Gasteiger partial charge in [0, 0.05) is 5.33 Å². The minimum Gasteiger partial charge on any atom is -0.0928 e. The molecule has 1 heteroatoms. The van der Waals surface area contributed by atoms with Crippen LogP contribution in [0.4, 0.5) is 0 Å². The van der Waals surface area contributed by atoms with Gasteiger partial charge in [-0.05, 0) is 18.3 Å². The molecular weight excluding hydrogens is 176 g/mol. The summed E-state index contributed by atoms with van der Waals surface area (Å²) in [6.45, 7) is 6.91. The molecular formula is C8H17Br. The predicted octanol–water partition coefficient (Wildman–Crippen LogP) is 3.45. The van der Waals surface area contributed by atoms with E-state index >= 15 is 0 Å². The monoisotopic (exact) mass is 192 g/mol. The molecule has 0 nitrogen and oxygen atoms in total. The van der Waals surface area contributed by atoms with Crippen molar-refractivity contribution in [2.45, 2.75) is 33.6 Å². The van der Waals surface area contributed by atoms with E-state index in [9.17, 15) is 0 Å². The summed E-state index contributed by atoms with van der Waals surface area (Å²) >= 11 is 3.45. The van der Waals surface area contributed by atoms with Gasteiger partial charge < -0.3 is 0 Å². The van der Waals surface area contributed by atoms with Crippen molar-refractivity contribution in [3.8, 4) is 0 Å². The maximum Gasteiger partial charge on any atom is 0.00339 e. The summed E-state index contributed by atoms with van der Waals surface area (Å²) < 4.78 is 0. The van der Waals surface area contributed by atoms with Crippen LogP contribution in [0.5, 0.6) is 0 Å². The summed E-state index contributed by atoms with van der Waals surface area (Å²) in [5.74, 6) is 1.77. The SMILES string of the molecule is CCC(C)C(C)CCBr. The average Bonchev–Trinajstić information content (AvgIpc) is 1.87. The lowest BCUT2D eigenvalue weighted by Crippen LogP contribution is -2.06. The van der Waals surface area contributed by atoms with E-state index < -0.39 is 0 Å². The van der Waals surface area contributed by atoms with Gasteiger partial charge in [-0.2, -0.15) is 0 Å². The van der Waals surface area contributed by atoms with Crippen LogP contribution in [0.2, 0.25) is 0 Å². The van der Waals surface area contributed by atoms with Gasteiger partial charge in [0.05, 0.1) is 0 Å². The van der Waals surface area contributed by atoms with Crippen LogP contribution < -0.4 is 0 Å². The highest BCUT2D eigenvalue weighted by Gasteiger charge is 2.07. The predicted molar refractivity (Wildman–Crippen MR) is 47.0 cm³/mol. The van der Waals surface area contributed by atoms with E-state index in [1.807, 2.05) is 0 Å². The average molecular weight is 193 g/mol. The third-order valence-electron chi connectivity index (χ3n) is 2.18. The van der Waals surface area contributed by atoms with Crippen molar-refractivity contribution in [2.24, 2.45) is 11.8 Å². The van der Waals surface area contributed by atoms with Crippen LogP contribution in [0.15, 0.2) is 0 Å². The molecule has 0 heterocycles. The van der Waals surface area contributed by atoms with Crippen molar-refractivity contribution in [3.63, 3.8) is 0 Å². The number of halogens is 1. The smallest absolute Gasteiger partial charge is 0.00339 e. The molecule has 0 saturated heterocycles. The number of hydrogen-bond acceptors (Lipinski definition) is 0. The Morgan fingerprint density at radius 1 is 1.22 bits per heavy atom. The van der Waals surface area contributed by atoms with Crippen LogP contribution >= 0.6 is 15.9 Å². The molecule has 0 aliphatic carbocycles. The number of rotatable bonds is 4. The van der Waals surface area contributed by atoms with Gasteiger partial charge in [0.2, 0.25) is 0 Å². The molecule has 2 unspecified atom stereocenters. The highest BCUT2D eigenvalue weighted by molar-refractivity contribution is 9.09. The molecule has 0 N–H and O–H groups in total. The van der Waals surface area contributed by atoms with E-state index in [0.717, 1.165) is 17.2 Å². The summed E-state index contributed by atoms with van der Waals surface area (Å²) in [7, 11) is 0. The quantitative estimate of drug-likeness (QED) is 0.600. The molecule has 0 fully saturated rings. The Kier molecular flexibility index (Phi) is 5.56. The molecule has 0 radical (unpaired) electrons. The number of alkyl halides is 1. The summed E-state index contributed by atoms with van der Waals surface area (Å²) in [6, 6.07) is 0. The van der Waals surface area contributed by atoms with Gasteiger partial charge in [0.15, 0.2) is 0 Å². The lowest BCUT2D eigenvalue weighted by atomic mass is 9.92. The molecule has 0 spiro atoms. The van der Waals surface area contributed by atoms with Gasteiger partial charge in [0.25, 0.3) is 0 Å². The molecule has 0 bridgehead atoms. The Hall–Kier alpha value is 0.480. The summed E-state index contributed by atoms with van der Waals surface area (Å²) in [5.41, 5.74) is 0. The van der Waals surface area contributed by atoms with E-state index in [1.165, 1.54) is 12.8 Å². The molecule has 0 saturated carbocycles. The molecule has 0 rings (SSSR count). The first-order valence-corrected chi connectivity index (χ1v) is 4.90. The fraction of sp³-hybridized carbons (Fsp3) is 1.00. The Bertz CT molecular complexity index is 61.6. The summed E-state index contributed by atoms with van der Waals surface area (Å²) in [4.78, 5) is 0. The maximum absolute atomic E-state index is 3.45. The first-order chi connectivity index (χ1) is 4.22. The molecule has 0 aromatic rings. The zero-order chi connectivity index (χ0) is 7.28. The van der Waals surface area contributed by atoms with Crippen LogP contribution in [0, 0.1) is 11.8 Å². The van der Waals surface area contributed by atoms with Crippen molar-refractivity contribution in [1.29, 1.82) is 0 Å². The zero-order valence-corrected chi connectivity index (χ0v) is 8.24. The van der Waals surface area contributed by atoms with Gasteiger partial charge in [-0.3, -0.25) is 0 Å². The second-order valence-electron chi connectivity index (χ2n) is 2.84. The van der Waals surface area contributed by atoms with Gasteiger partial charge in [-0.25, -0.2) is 0 Å². The minimum atomic E-state index is 0.884. The Morgan fingerprint density at radius 2 is 1.78 bits per heavy atom. The lowest BCUT2D eigenvalue weighted by Gasteiger charge is -2.16. The molecule has 0 amide bonds. The van der Waals surface area contributed by atoms with Crippen molar-refractivity contribution in [3.05, 3.63) is 0 Å². The first-order valence-electron chi connectivity index (χ1n) is 3.78. The maximum atomic E-state index is 3.45. The summed E-state index contributed by atoms with van der Waals surface area (Å²) in [5, 5.41) is 1.15. The highest BCUT2D eigenvalue weighted by atomic mass is 79.9. The largest absolute Gasteiger partial charge is 0.0928 e. The van der Waals surface area contributed by atoms with Gasteiger partial charge in [-0.15, -0.1) is 0 Å². The van der Waals surface area contributed by atoms with Gasteiger partial charge in [0.1, 0.15) is 0 Å². The molecule has 0 aliphatic rings. The molecule has 56 valence electrons. The fourth-order valence-corrected chi connectivity index (χ4v) is 1.58. The Morgan fingerprint density at radius 3 is 2.11 bits per heavy atom. The van der Waals surface area contributed by atoms with E-state index in [4.69, 9.17) is 0 Å². The Balaban J connectivity index is 3.32. The molecule has 0 aromatic heterocycles. The van der Waals surface area contributed by atoms with Crippen LogP contribution in [0.3, 0.4) is 0 Å². The van der Waals surface area contributed by atoms with Gasteiger partial charge in [-0.1, -0.05) is 43.1 Å². The lowest BCUT2D eigenvalue weighted by molar-refractivity contribution is 0.370. The van der Waals surface area contributed by atoms with Crippen molar-refractivity contribution in [2.75, 3.05) is 5.33 Å². The summed E-state index contributed by atoms with van der Waals surface area (Å²) in [6.07, 6.45) is 2.63. The minimum absolute atomic E-state index is 0.884. The second-order valence-corrected chi connectivity index (χ2v) is 3.63. The van der Waals surface area contributed by atoms with Gasteiger partial charge >= 0.3 is 0 Å². The standard InChI is InChI=1S/C8H17Br/c1-4-7(2)8(3)5-6-9/h7-8H,4-6H2,1-3H3. The third-order valence-corrected chi connectivity index (χ3v) is 2.64. The topological polar surface area (TPSA) is 0 Å². The molecule has 2 atom stereocenters. The Labute approximate surface area is 67.2 Å². The third kappa shape index (κ3) is 3.96. The molecule has 9 heavy (non-hydrogen) atoms. The van der Waals surface area contributed by atoms with Crippen molar-refractivity contribution < 1.29 is 0 Å². The van der Waals surface area contributed by atoms with Crippen LogP contribution in [-0.2, 0) is 0 Å². The first kappa shape index (κ1) is 9.48.